The lowest BCUT2D eigenvalue weighted by atomic mass is 10.0. The first kappa shape index (κ1) is 18.7. The lowest BCUT2D eigenvalue weighted by Crippen LogP contribution is -2.37. The van der Waals surface area contributed by atoms with Crippen LogP contribution in [0.1, 0.15) is 27.5 Å². The molecule has 0 aliphatic carbocycles. The molecule has 5 rings (SSSR count). The zero-order valence-corrected chi connectivity index (χ0v) is 17.5. The Labute approximate surface area is 181 Å². The summed E-state index contributed by atoms with van der Waals surface area (Å²) in [6.45, 7) is 0.387. The van der Waals surface area contributed by atoms with E-state index in [4.69, 9.17) is 0 Å². The summed E-state index contributed by atoms with van der Waals surface area (Å²) in [7, 11) is 0. The van der Waals surface area contributed by atoms with Crippen LogP contribution in [0.15, 0.2) is 77.6 Å². The number of thiazole rings is 1. The summed E-state index contributed by atoms with van der Waals surface area (Å²) in [5.41, 5.74) is 3.44. The molecular weight excluding hydrogens is 414 g/mol. The van der Waals surface area contributed by atoms with Gasteiger partial charge in [0.15, 0.2) is 5.13 Å². The van der Waals surface area contributed by atoms with Crippen LogP contribution in [0.5, 0.6) is 0 Å². The number of aromatic nitrogens is 1. The number of nitrogens with one attached hydrogen (secondary N) is 1. The number of benzene rings is 2. The van der Waals surface area contributed by atoms with Gasteiger partial charge in [-0.3, -0.25) is 14.9 Å². The van der Waals surface area contributed by atoms with Gasteiger partial charge in [0.25, 0.3) is 11.8 Å². The number of hydrogen-bond donors (Lipinski definition) is 1. The maximum atomic E-state index is 13.3. The summed E-state index contributed by atoms with van der Waals surface area (Å²) in [6.07, 6.45) is 1.64. The Balaban J connectivity index is 1.49. The Bertz CT molecular complexity index is 1190. The highest BCUT2D eigenvalue weighted by molar-refractivity contribution is 7.14. The molecule has 2 aromatic carbocycles. The third-order valence-corrected chi connectivity index (χ3v) is 6.69. The Hall–Kier alpha value is -3.29. The quantitative estimate of drug-likeness (QED) is 0.472. The molecule has 1 N–H and O–H groups in total. The van der Waals surface area contributed by atoms with Crippen molar-refractivity contribution >= 4 is 39.6 Å². The molecule has 2 aromatic heterocycles. The first-order chi connectivity index (χ1) is 14.7. The van der Waals surface area contributed by atoms with Crippen LogP contribution >= 0.6 is 22.7 Å². The standard InChI is InChI=1S/C23H17N3O2S2/c27-21(25-23-24-10-12-30-23)20(15-5-2-1-3-6-15)26-14-17-13-16(19-7-4-11-29-19)8-9-18(17)22(26)28/h1-13,20H,14H2,(H,24,25,27)/t20-/m1/s1. The van der Waals surface area contributed by atoms with Gasteiger partial charge in [-0.2, -0.15) is 0 Å². The fourth-order valence-corrected chi connectivity index (χ4v) is 4.97. The average molecular weight is 432 g/mol. The van der Waals surface area contributed by atoms with Crippen LogP contribution in [0.3, 0.4) is 0 Å². The number of fused-ring (bicyclic) bond motifs is 1. The van der Waals surface area contributed by atoms with Crippen molar-refractivity contribution in [1.29, 1.82) is 0 Å². The SMILES string of the molecule is O=C(Nc1nccs1)[C@@H](c1ccccc1)N1Cc2cc(-c3cccs3)ccc2C1=O. The molecule has 3 heterocycles. The molecule has 0 unspecified atom stereocenters. The predicted octanol–water partition coefficient (Wildman–Crippen LogP) is 5.21. The van der Waals surface area contributed by atoms with E-state index < -0.39 is 6.04 Å². The second-order valence-electron chi connectivity index (χ2n) is 6.92. The number of anilines is 1. The molecule has 0 fully saturated rings. The van der Waals surface area contributed by atoms with E-state index in [9.17, 15) is 9.59 Å². The second kappa shape index (κ2) is 7.85. The lowest BCUT2D eigenvalue weighted by molar-refractivity contribution is -0.120. The van der Waals surface area contributed by atoms with E-state index in [-0.39, 0.29) is 11.8 Å². The topological polar surface area (TPSA) is 62.3 Å². The Kier molecular flexibility index (Phi) is 4.90. The third-order valence-electron chi connectivity index (χ3n) is 5.08. The number of nitrogens with zero attached hydrogens (tertiary/aromatic N) is 2. The van der Waals surface area contributed by atoms with Crippen molar-refractivity contribution in [2.75, 3.05) is 5.32 Å². The molecule has 5 nitrogen and oxygen atoms in total. The molecule has 4 aromatic rings. The number of amides is 2. The van der Waals surface area contributed by atoms with Gasteiger partial charge in [-0.25, -0.2) is 4.98 Å². The maximum Gasteiger partial charge on any atom is 0.255 e. The number of rotatable bonds is 5. The van der Waals surface area contributed by atoms with Crippen molar-refractivity contribution in [1.82, 2.24) is 9.88 Å². The molecule has 0 bridgehead atoms. The summed E-state index contributed by atoms with van der Waals surface area (Å²) < 4.78 is 0. The highest BCUT2D eigenvalue weighted by atomic mass is 32.1. The number of carbonyl (C=O) groups excluding carboxylic acids is 2. The molecule has 0 saturated carbocycles. The van der Waals surface area contributed by atoms with Gasteiger partial charge in [0.2, 0.25) is 0 Å². The number of carbonyl (C=O) groups is 2. The van der Waals surface area contributed by atoms with Crippen LogP contribution < -0.4 is 5.32 Å². The Morgan fingerprint density at radius 3 is 2.63 bits per heavy atom. The number of thiophene rings is 1. The first-order valence-corrected chi connectivity index (χ1v) is 11.2. The minimum atomic E-state index is -0.736. The van der Waals surface area contributed by atoms with E-state index in [1.807, 2.05) is 53.9 Å². The van der Waals surface area contributed by atoms with Crippen LogP contribution in [0, 0.1) is 0 Å². The van der Waals surface area contributed by atoms with Crippen LogP contribution in [0.4, 0.5) is 5.13 Å². The van der Waals surface area contributed by atoms with Crippen molar-refractivity contribution in [2.45, 2.75) is 12.6 Å². The highest BCUT2D eigenvalue weighted by Crippen LogP contribution is 2.35. The summed E-state index contributed by atoms with van der Waals surface area (Å²) in [4.78, 5) is 33.4. The molecule has 7 heteroatoms. The lowest BCUT2D eigenvalue weighted by Gasteiger charge is -2.27. The van der Waals surface area contributed by atoms with E-state index in [1.165, 1.54) is 11.3 Å². The van der Waals surface area contributed by atoms with Crippen molar-refractivity contribution < 1.29 is 9.59 Å². The molecule has 1 aliphatic heterocycles. The molecule has 0 radical (unpaired) electrons. The second-order valence-corrected chi connectivity index (χ2v) is 8.76. The summed E-state index contributed by atoms with van der Waals surface area (Å²) in [6, 6.07) is 18.6. The molecule has 30 heavy (non-hydrogen) atoms. The van der Waals surface area contributed by atoms with Gasteiger partial charge in [0, 0.05) is 28.6 Å². The van der Waals surface area contributed by atoms with Gasteiger partial charge in [0.05, 0.1) is 0 Å². The van der Waals surface area contributed by atoms with Crippen LogP contribution in [-0.2, 0) is 11.3 Å². The van der Waals surface area contributed by atoms with Gasteiger partial charge < -0.3 is 4.90 Å². The normalized spacial score (nSPS) is 13.9. The van der Waals surface area contributed by atoms with Gasteiger partial charge >= 0.3 is 0 Å². The van der Waals surface area contributed by atoms with Gasteiger partial charge in [0.1, 0.15) is 6.04 Å². The van der Waals surface area contributed by atoms with Gasteiger partial charge in [-0.05, 0) is 40.3 Å². The zero-order valence-electron chi connectivity index (χ0n) is 15.8. The maximum absolute atomic E-state index is 13.3. The largest absolute Gasteiger partial charge is 0.318 e. The van der Waals surface area contributed by atoms with E-state index >= 15 is 0 Å². The molecule has 1 aliphatic rings. The zero-order chi connectivity index (χ0) is 20.5. The molecule has 1 atom stereocenters. The summed E-state index contributed by atoms with van der Waals surface area (Å²) in [5, 5.41) is 7.21. The van der Waals surface area contributed by atoms with E-state index in [0.717, 1.165) is 21.6 Å². The molecular formula is C23H17N3O2S2. The summed E-state index contributed by atoms with van der Waals surface area (Å²) in [5.74, 6) is -0.401. The number of hydrogen-bond acceptors (Lipinski definition) is 5. The minimum Gasteiger partial charge on any atom is -0.318 e. The van der Waals surface area contributed by atoms with E-state index in [0.29, 0.717) is 17.2 Å². The van der Waals surface area contributed by atoms with Crippen molar-refractivity contribution in [3.63, 3.8) is 0 Å². The monoisotopic (exact) mass is 431 g/mol. The van der Waals surface area contributed by atoms with Gasteiger partial charge in [-0.15, -0.1) is 22.7 Å². The summed E-state index contributed by atoms with van der Waals surface area (Å²) >= 11 is 3.01. The average Bonchev–Trinajstić information content (AvgIpc) is 3.52. The van der Waals surface area contributed by atoms with Crippen LogP contribution in [0.2, 0.25) is 0 Å². The molecule has 2 amide bonds. The third kappa shape index (κ3) is 3.42. The molecule has 0 saturated heterocycles. The van der Waals surface area contributed by atoms with E-state index in [2.05, 4.69) is 22.4 Å². The van der Waals surface area contributed by atoms with Crippen molar-refractivity contribution in [3.05, 3.63) is 94.3 Å². The Morgan fingerprint density at radius 1 is 1.03 bits per heavy atom. The predicted molar refractivity (Wildman–Crippen MR) is 120 cm³/mol. The van der Waals surface area contributed by atoms with E-state index in [1.54, 1.807) is 27.8 Å². The Morgan fingerprint density at radius 2 is 1.90 bits per heavy atom. The van der Waals surface area contributed by atoms with Gasteiger partial charge in [-0.1, -0.05) is 42.5 Å². The van der Waals surface area contributed by atoms with Crippen LogP contribution in [-0.4, -0.2) is 21.7 Å². The molecule has 148 valence electrons. The minimum absolute atomic E-state index is 0.133. The fraction of sp³-hybridized carbons (Fsp3) is 0.0870. The smallest absolute Gasteiger partial charge is 0.255 e. The van der Waals surface area contributed by atoms with Crippen LogP contribution in [0.25, 0.3) is 10.4 Å². The van der Waals surface area contributed by atoms with Crippen molar-refractivity contribution in [3.8, 4) is 10.4 Å². The van der Waals surface area contributed by atoms with Crippen molar-refractivity contribution in [2.24, 2.45) is 0 Å². The molecule has 0 spiro atoms. The highest BCUT2D eigenvalue weighted by Gasteiger charge is 2.37. The fourth-order valence-electron chi connectivity index (χ4n) is 3.71. The first-order valence-electron chi connectivity index (χ1n) is 9.44.